The second-order valence-electron chi connectivity index (χ2n) is 15.4. The van der Waals surface area contributed by atoms with Crippen molar-refractivity contribution >= 4 is 0 Å². The predicted octanol–water partition coefficient (Wildman–Crippen LogP) is 10.7. The van der Waals surface area contributed by atoms with E-state index in [0.29, 0.717) is 17.5 Å². The van der Waals surface area contributed by atoms with Crippen LogP contribution in [0.1, 0.15) is 43.2 Å². The number of nitrogens with zero attached hydrogens (tertiary/aromatic N) is 5. The van der Waals surface area contributed by atoms with Gasteiger partial charge in [0, 0.05) is 46.9 Å². The van der Waals surface area contributed by atoms with Crippen LogP contribution in [0.2, 0.25) is 0 Å². The summed E-state index contributed by atoms with van der Waals surface area (Å²) in [5, 5.41) is 0. The van der Waals surface area contributed by atoms with Crippen molar-refractivity contribution in [3.63, 3.8) is 0 Å². The number of hydrogen-bond donors (Lipinski definition) is 0. The Kier molecular flexibility index (Phi) is 6.67. The molecule has 1 spiro atoms. The lowest BCUT2D eigenvalue weighted by molar-refractivity contribution is -0.0399. The molecule has 250 valence electrons. The van der Waals surface area contributed by atoms with Gasteiger partial charge in [0.15, 0.2) is 17.5 Å². The van der Waals surface area contributed by atoms with Gasteiger partial charge in [0.05, 0.1) is 0 Å². The molecule has 12 rings (SSSR count). The van der Waals surface area contributed by atoms with Crippen molar-refractivity contribution in [2.75, 3.05) is 0 Å². The maximum Gasteiger partial charge on any atom is 0.165 e. The number of fused-ring (bicyclic) bond motifs is 3. The van der Waals surface area contributed by atoms with Gasteiger partial charge in [-0.3, -0.25) is 9.97 Å². The van der Waals surface area contributed by atoms with Crippen LogP contribution in [0.3, 0.4) is 0 Å². The lowest BCUT2D eigenvalue weighted by Gasteiger charge is -2.61. The fourth-order valence-corrected chi connectivity index (χ4v) is 10.8. The quantitative estimate of drug-likeness (QED) is 0.182. The normalized spacial score (nSPS) is 23.5. The van der Waals surface area contributed by atoms with E-state index >= 15 is 0 Å². The van der Waals surface area contributed by atoms with Gasteiger partial charge < -0.3 is 0 Å². The molecule has 0 unspecified atom stereocenters. The van der Waals surface area contributed by atoms with Crippen LogP contribution in [0.5, 0.6) is 0 Å². The van der Waals surface area contributed by atoms with Crippen molar-refractivity contribution < 1.29 is 0 Å². The molecule has 3 heterocycles. The highest BCUT2D eigenvalue weighted by atomic mass is 15.0. The van der Waals surface area contributed by atoms with Crippen LogP contribution in [0.4, 0.5) is 0 Å². The molecule has 4 saturated carbocycles. The SMILES string of the molecule is c1ccc(-c2cc(-c3ccc4c(c3)C3(c5ccccc5-4)C4CC5CC(C4)CC3C5)cc(-c3nc(-c4ccncc4)nc(-c4cccnc4)n3)c2)cc1. The molecule has 5 nitrogen and oxygen atoms in total. The molecule has 0 atom stereocenters. The summed E-state index contributed by atoms with van der Waals surface area (Å²) in [7, 11) is 0. The van der Waals surface area contributed by atoms with Gasteiger partial charge in [-0.05, 0) is 149 Å². The van der Waals surface area contributed by atoms with Gasteiger partial charge >= 0.3 is 0 Å². The van der Waals surface area contributed by atoms with E-state index in [1.54, 1.807) is 29.7 Å². The molecular weight excluding hydrogens is 635 g/mol. The highest BCUT2D eigenvalue weighted by Gasteiger charge is 2.61. The Bertz CT molecular complexity index is 2390. The highest BCUT2D eigenvalue weighted by molar-refractivity contribution is 5.87. The van der Waals surface area contributed by atoms with Crippen LogP contribution >= 0.6 is 0 Å². The van der Waals surface area contributed by atoms with Crippen molar-refractivity contribution in [3.05, 3.63) is 151 Å². The van der Waals surface area contributed by atoms with E-state index in [1.807, 2.05) is 30.5 Å². The predicted molar refractivity (Wildman–Crippen MR) is 206 cm³/mol. The van der Waals surface area contributed by atoms with Crippen LogP contribution < -0.4 is 0 Å². The van der Waals surface area contributed by atoms with E-state index in [4.69, 9.17) is 15.0 Å². The van der Waals surface area contributed by atoms with Crippen LogP contribution in [0.25, 0.3) is 67.5 Å². The van der Waals surface area contributed by atoms with Crippen molar-refractivity contribution in [3.8, 4) is 67.5 Å². The topological polar surface area (TPSA) is 64.5 Å². The third-order valence-corrected chi connectivity index (χ3v) is 12.7. The van der Waals surface area contributed by atoms with Gasteiger partial charge in [0.2, 0.25) is 0 Å². The molecule has 0 saturated heterocycles. The second kappa shape index (κ2) is 11.6. The summed E-state index contributed by atoms with van der Waals surface area (Å²) in [4.78, 5) is 23.7. The molecule has 0 radical (unpaired) electrons. The van der Waals surface area contributed by atoms with Crippen LogP contribution in [0, 0.1) is 23.7 Å². The summed E-state index contributed by atoms with van der Waals surface area (Å²) in [5.41, 5.74) is 13.5. The maximum absolute atomic E-state index is 5.10. The van der Waals surface area contributed by atoms with Crippen LogP contribution in [0.15, 0.2) is 140 Å². The molecule has 5 aliphatic carbocycles. The van der Waals surface area contributed by atoms with Gasteiger partial charge in [-0.2, -0.15) is 0 Å². The average Bonchev–Trinajstić information content (AvgIpc) is 3.50. The largest absolute Gasteiger partial charge is 0.265 e. The average molecular weight is 672 g/mol. The molecule has 5 heteroatoms. The summed E-state index contributed by atoms with van der Waals surface area (Å²) in [6.45, 7) is 0. The number of benzene rings is 4. The molecule has 3 aromatic heterocycles. The molecule has 4 fully saturated rings. The second-order valence-corrected chi connectivity index (χ2v) is 15.4. The molecule has 7 aromatic rings. The Morgan fingerprint density at radius 2 is 1.02 bits per heavy atom. The summed E-state index contributed by atoms with van der Waals surface area (Å²) in [5.74, 6) is 5.09. The summed E-state index contributed by atoms with van der Waals surface area (Å²) < 4.78 is 0. The molecule has 0 aliphatic heterocycles. The Balaban J connectivity index is 1.11. The summed E-state index contributed by atoms with van der Waals surface area (Å²) in [6, 6.07) is 42.0. The number of hydrogen-bond acceptors (Lipinski definition) is 5. The van der Waals surface area contributed by atoms with E-state index in [9.17, 15) is 0 Å². The first-order valence-corrected chi connectivity index (χ1v) is 18.7. The molecule has 52 heavy (non-hydrogen) atoms. The minimum absolute atomic E-state index is 0.113. The van der Waals surface area contributed by atoms with Crippen molar-refractivity contribution in [2.24, 2.45) is 23.7 Å². The summed E-state index contributed by atoms with van der Waals surface area (Å²) >= 11 is 0. The van der Waals surface area contributed by atoms with E-state index in [1.165, 1.54) is 54.4 Å². The summed E-state index contributed by atoms with van der Waals surface area (Å²) in [6.07, 6.45) is 14.1. The fourth-order valence-electron chi connectivity index (χ4n) is 10.8. The Labute approximate surface area is 303 Å². The number of rotatable bonds is 5. The zero-order chi connectivity index (χ0) is 34.2. The van der Waals surface area contributed by atoms with Gasteiger partial charge in [-0.1, -0.05) is 66.7 Å². The van der Waals surface area contributed by atoms with E-state index in [2.05, 4.69) is 101 Å². The van der Waals surface area contributed by atoms with E-state index in [0.717, 1.165) is 51.5 Å². The highest BCUT2D eigenvalue weighted by Crippen LogP contribution is 2.69. The number of pyridine rings is 2. The van der Waals surface area contributed by atoms with Crippen LogP contribution in [-0.4, -0.2) is 24.9 Å². The minimum atomic E-state index is 0.113. The first-order chi connectivity index (χ1) is 25.7. The fraction of sp³-hybridized carbons (Fsp3) is 0.213. The molecule has 0 amide bonds. The molecule has 4 bridgehead atoms. The first kappa shape index (κ1) is 29.9. The molecule has 0 N–H and O–H groups in total. The monoisotopic (exact) mass is 671 g/mol. The lowest BCUT2D eigenvalue weighted by Crippen LogP contribution is -2.55. The van der Waals surface area contributed by atoms with Gasteiger partial charge in [-0.15, -0.1) is 0 Å². The molecule has 5 aliphatic rings. The van der Waals surface area contributed by atoms with E-state index < -0.39 is 0 Å². The molecule has 4 aromatic carbocycles. The van der Waals surface area contributed by atoms with E-state index in [-0.39, 0.29) is 5.41 Å². The Hall–Kier alpha value is -5.81. The zero-order valence-corrected chi connectivity index (χ0v) is 28.9. The van der Waals surface area contributed by atoms with Gasteiger partial charge in [0.1, 0.15) is 0 Å². The third-order valence-electron chi connectivity index (χ3n) is 12.7. The van der Waals surface area contributed by atoms with Crippen molar-refractivity contribution in [1.29, 1.82) is 0 Å². The maximum atomic E-state index is 5.10. The van der Waals surface area contributed by atoms with Crippen LogP contribution in [-0.2, 0) is 5.41 Å². The zero-order valence-electron chi connectivity index (χ0n) is 28.9. The van der Waals surface area contributed by atoms with Crippen molar-refractivity contribution in [1.82, 2.24) is 24.9 Å². The van der Waals surface area contributed by atoms with Crippen molar-refractivity contribution in [2.45, 2.75) is 37.5 Å². The lowest BCUT2D eigenvalue weighted by atomic mass is 9.43. The smallest absolute Gasteiger partial charge is 0.165 e. The third kappa shape index (κ3) is 4.58. The standard InChI is InChI=1S/C47H37N5/c1-2-7-31(8-3-1)35-24-36(26-37(25-35)46-51-44(32-14-17-48-18-15-32)50-45(52-46)34-9-6-16-49-28-34)33-12-13-41-40-10-4-5-11-42(40)47(43(41)27-33)38-20-29-19-30(22-38)23-39(47)21-29/h1-18,24-30,38-39H,19-23H2. The molecular formula is C47H37N5. The number of aromatic nitrogens is 5. The minimum Gasteiger partial charge on any atom is -0.265 e. The first-order valence-electron chi connectivity index (χ1n) is 18.7. The van der Waals surface area contributed by atoms with Gasteiger partial charge in [0.25, 0.3) is 0 Å². The van der Waals surface area contributed by atoms with Gasteiger partial charge in [-0.25, -0.2) is 15.0 Å². The Morgan fingerprint density at radius 1 is 0.404 bits per heavy atom. The Morgan fingerprint density at radius 3 is 1.75 bits per heavy atom.